The molecule has 0 spiro atoms. The van der Waals surface area contributed by atoms with Crippen LogP contribution >= 0.6 is 0 Å². The molecule has 0 aromatic rings. The summed E-state index contributed by atoms with van der Waals surface area (Å²) in [7, 11) is 0. The third-order valence-electron chi connectivity index (χ3n) is 11.1. The smallest absolute Gasteiger partial charge is 0.103 e. The summed E-state index contributed by atoms with van der Waals surface area (Å²) >= 11 is 0. The lowest BCUT2D eigenvalue weighted by Gasteiger charge is -2.63. The van der Waals surface area contributed by atoms with Gasteiger partial charge in [-0.3, -0.25) is 0 Å². The Morgan fingerprint density at radius 3 is 2.28 bits per heavy atom. The molecule has 4 saturated carbocycles. The van der Waals surface area contributed by atoms with E-state index in [2.05, 4.69) is 20.8 Å². The summed E-state index contributed by atoms with van der Waals surface area (Å²) in [6.45, 7) is 6.34. The average molecular weight is 455 g/mol. The van der Waals surface area contributed by atoms with Gasteiger partial charge in [0.15, 0.2) is 0 Å². The summed E-state index contributed by atoms with van der Waals surface area (Å²) in [4.78, 5) is 0. The second kappa shape index (κ2) is 9.09. The van der Waals surface area contributed by atoms with Crippen LogP contribution in [0.3, 0.4) is 0 Å². The molecule has 0 bridgehead atoms. The standard InChI is InChI=1S/C26H46O6/c1-14(4-7-20(29)22(31)13-27)17-5-6-18-24-19(12-23(32)26(17,18)3)25(2)9-8-16(28)10-15(25)11-21(24)30/h14-24,27-32H,4-13H2,1-3H3/t14-,15+,16-,17-,18+,19+,20?,21-,22?,23+,24+,25+,26-/m1/s1. The quantitative estimate of drug-likeness (QED) is 0.365. The minimum atomic E-state index is -1.10. The molecular weight excluding hydrogens is 408 g/mol. The third kappa shape index (κ3) is 3.87. The van der Waals surface area contributed by atoms with E-state index in [1.165, 1.54) is 0 Å². The Morgan fingerprint density at radius 1 is 0.875 bits per heavy atom. The van der Waals surface area contributed by atoms with E-state index in [0.29, 0.717) is 24.2 Å². The normalized spacial score (nSPS) is 51.3. The van der Waals surface area contributed by atoms with E-state index in [0.717, 1.165) is 51.4 Å². The van der Waals surface area contributed by atoms with Crippen molar-refractivity contribution in [1.82, 2.24) is 0 Å². The van der Waals surface area contributed by atoms with Gasteiger partial charge in [0.2, 0.25) is 0 Å². The van der Waals surface area contributed by atoms with Crippen molar-refractivity contribution in [2.45, 2.75) is 109 Å². The molecule has 4 aliphatic rings. The maximum Gasteiger partial charge on any atom is 0.103 e. The molecule has 0 amide bonds. The first-order valence-corrected chi connectivity index (χ1v) is 13.0. The summed E-state index contributed by atoms with van der Waals surface area (Å²) in [6.07, 6.45) is 4.24. The Balaban J connectivity index is 1.53. The van der Waals surface area contributed by atoms with Crippen molar-refractivity contribution in [3.8, 4) is 0 Å². The minimum absolute atomic E-state index is 0.0830. The van der Waals surface area contributed by atoms with Crippen molar-refractivity contribution in [3.63, 3.8) is 0 Å². The number of hydrogen-bond acceptors (Lipinski definition) is 6. The van der Waals surface area contributed by atoms with Gasteiger partial charge in [-0.05, 0) is 104 Å². The molecule has 6 N–H and O–H groups in total. The van der Waals surface area contributed by atoms with Gasteiger partial charge >= 0.3 is 0 Å². The minimum Gasteiger partial charge on any atom is -0.394 e. The fourth-order valence-electron chi connectivity index (χ4n) is 9.08. The highest BCUT2D eigenvalue weighted by Gasteiger charge is 2.65. The summed E-state index contributed by atoms with van der Waals surface area (Å²) in [5.41, 5.74) is -0.167. The van der Waals surface area contributed by atoms with E-state index in [1.807, 2.05) is 0 Å². The molecule has 0 radical (unpaired) electrons. The highest BCUT2D eigenvalue weighted by molar-refractivity contribution is 5.14. The summed E-state index contributed by atoms with van der Waals surface area (Å²) < 4.78 is 0. The summed E-state index contributed by atoms with van der Waals surface area (Å²) in [5.74, 6) is 1.72. The Hall–Kier alpha value is -0.240. The van der Waals surface area contributed by atoms with Gasteiger partial charge in [-0.25, -0.2) is 0 Å². The molecule has 0 saturated heterocycles. The predicted octanol–water partition coefficient (Wildman–Crippen LogP) is 2.08. The van der Waals surface area contributed by atoms with Crippen LogP contribution in [0.15, 0.2) is 0 Å². The number of aliphatic hydroxyl groups is 6. The zero-order valence-corrected chi connectivity index (χ0v) is 20.1. The number of rotatable bonds is 6. The molecule has 0 aliphatic heterocycles. The van der Waals surface area contributed by atoms with E-state index in [-0.39, 0.29) is 40.8 Å². The van der Waals surface area contributed by atoms with Gasteiger partial charge < -0.3 is 30.6 Å². The molecule has 6 nitrogen and oxygen atoms in total. The third-order valence-corrected chi connectivity index (χ3v) is 11.1. The fraction of sp³-hybridized carbons (Fsp3) is 1.00. The van der Waals surface area contributed by atoms with Crippen LogP contribution in [0.5, 0.6) is 0 Å². The lowest BCUT2D eigenvalue weighted by atomic mass is 9.43. The van der Waals surface area contributed by atoms with Crippen LogP contribution in [0.25, 0.3) is 0 Å². The highest BCUT2D eigenvalue weighted by atomic mass is 16.4. The van der Waals surface area contributed by atoms with Crippen molar-refractivity contribution in [2.75, 3.05) is 6.61 Å². The Bertz CT molecular complexity index is 658. The van der Waals surface area contributed by atoms with Gasteiger partial charge in [0.1, 0.15) is 6.10 Å². The zero-order chi connectivity index (χ0) is 23.4. The van der Waals surface area contributed by atoms with Crippen molar-refractivity contribution in [2.24, 2.45) is 46.3 Å². The van der Waals surface area contributed by atoms with Gasteiger partial charge in [-0.2, -0.15) is 0 Å². The lowest BCUT2D eigenvalue weighted by molar-refractivity contribution is -0.207. The SMILES string of the molecule is C[C@H](CCC(O)C(O)CO)[C@H]1CC[C@H]2[C@@H]3[C@H](O)C[C@@H]4C[C@H](O)CC[C@]4(C)[C@H]3C[C@H](O)[C@]12C. The Labute approximate surface area is 193 Å². The molecule has 6 heteroatoms. The van der Waals surface area contributed by atoms with Crippen molar-refractivity contribution in [3.05, 3.63) is 0 Å². The van der Waals surface area contributed by atoms with Crippen LogP contribution < -0.4 is 0 Å². The van der Waals surface area contributed by atoms with E-state index in [9.17, 15) is 25.5 Å². The molecule has 32 heavy (non-hydrogen) atoms. The van der Waals surface area contributed by atoms with Gasteiger partial charge in [-0.15, -0.1) is 0 Å². The van der Waals surface area contributed by atoms with Crippen LogP contribution in [0.2, 0.25) is 0 Å². The van der Waals surface area contributed by atoms with E-state index in [4.69, 9.17) is 5.11 Å². The lowest BCUT2D eigenvalue weighted by Crippen LogP contribution is -2.62. The topological polar surface area (TPSA) is 121 Å². The first kappa shape index (κ1) is 24.9. The zero-order valence-electron chi connectivity index (χ0n) is 20.1. The molecule has 13 atom stereocenters. The van der Waals surface area contributed by atoms with Gasteiger partial charge in [-0.1, -0.05) is 20.8 Å². The van der Waals surface area contributed by atoms with Crippen LogP contribution in [-0.4, -0.2) is 67.8 Å². The maximum absolute atomic E-state index is 11.6. The van der Waals surface area contributed by atoms with Gasteiger partial charge in [0, 0.05) is 0 Å². The van der Waals surface area contributed by atoms with Crippen LogP contribution in [0.4, 0.5) is 0 Å². The highest BCUT2D eigenvalue weighted by Crippen LogP contribution is 2.68. The summed E-state index contributed by atoms with van der Waals surface area (Å²) in [5, 5.41) is 62.0. The number of aliphatic hydroxyl groups excluding tert-OH is 6. The Morgan fingerprint density at radius 2 is 1.59 bits per heavy atom. The van der Waals surface area contributed by atoms with Gasteiger partial charge in [0.05, 0.1) is 31.0 Å². The average Bonchev–Trinajstić information content (AvgIpc) is 3.11. The molecular formula is C26H46O6. The number of fused-ring (bicyclic) bond motifs is 5. The maximum atomic E-state index is 11.6. The van der Waals surface area contributed by atoms with Crippen molar-refractivity contribution >= 4 is 0 Å². The second-order valence-electron chi connectivity index (χ2n) is 12.4. The Kier molecular flexibility index (Phi) is 7.06. The van der Waals surface area contributed by atoms with Crippen molar-refractivity contribution in [1.29, 1.82) is 0 Å². The molecule has 186 valence electrons. The monoisotopic (exact) mass is 454 g/mol. The van der Waals surface area contributed by atoms with Crippen LogP contribution in [0, 0.1) is 46.3 Å². The van der Waals surface area contributed by atoms with Crippen LogP contribution in [0.1, 0.15) is 78.6 Å². The first-order valence-electron chi connectivity index (χ1n) is 13.0. The molecule has 4 fully saturated rings. The molecule has 0 aromatic heterocycles. The predicted molar refractivity (Wildman–Crippen MR) is 122 cm³/mol. The second-order valence-corrected chi connectivity index (χ2v) is 12.4. The van der Waals surface area contributed by atoms with Gasteiger partial charge in [0.25, 0.3) is 0 Å². The molecule has 0 heterocycles. The largest absolute Gasteiger partial charge is 0.394 e. The van der Waals surface area contributed by atoms with E-state index < -0.39 is 24.9 Å². The first-order chi connectivity index (χ1) is 15.0. The molecule has 4 rings (SSSR count). The molecule has 2 unspecified atom stereocenters. The number of hydrogen-bond donors (Lipinski definition) is 6. The molecule has 4 aliphatic carbocycles. The molecule has 0 aromatic carbocycles. The van der Waals surface area contributed by atoms with E-state index >= 15 is 0 Å². The fourth-order valence-corrected chi connectivity index (χ4v) is 9.08. The van der Waals surface area contributed by atoms with Crippen molar-refractivity contribution < 1.29 is 30.6 Å². The summed E-state index contributed by atoms with van der Waals surface area (Å²) in [6, 6.07) is 0. The van der Waals surface area contributed by atoms with E-state index in [1.54, 1.807) is 0 Å². The van der Waals surface area contributed by atoms with Crippen LogP contribution in [-0.2, 0) is 0 Å².